The maximum Gasteiger partial charge on any atom is 0.225 e. The van der Waals surface area contributed by atoms with Crippen molar-refractivity contribution in [3.63, 3.8) is 0 Å². The lowest BCUT2D eigenvalue weighted by molar-refractivity contribution is 0.370. The predicted molar refractivity (Wildman–Crippen MR) is 127 cm³/mol. The lowest BCUT2D eigenvalue weighted by Crippen LogP contribution is -2.53. The molecule has 0 atom stereocenters. The first-order chi connectivity index (χ1) is 13.3. The molecule has 0 bridgehead atoms. The molecule has 1 aromatic heterocycles. The number of nitrogens with zero attached hydrogens (tertiary/aromatic N) is 5. The normalized spacial score (nSPS) is 18.4. The molecule has 0 unspecified atom stereocenters. The van der Waals surface area contributed by atoms with Crippen molar-refractivity contribution in [2.75, 3.05) is 44.7 Å². The van der Waals surface area contributed by atoms with Gasteiger partial charge in [0.05, 0.1) is 0 Å². The van der Waals surface area contributed by atoms with Gasteiger partial charge in [-0.3, -0.25) is 4.99 Å². The van der Waals surface area contributed by atoms with Crippen LogP contribution in [-0.2, 0) is 0 Å². The fraction of sp³-hybridized carbons (Fsp3) is 0.450. The van der Waals surface area contributed by atoms with Crippen LogP contribution in [-0.4, -0.2) is 65.3 Å². The Morgan fingerprint density at radius 1 is 1.07 bits per heavy atom. The third-order valence-electron chi connectivity index (χ3n) is 5.08. The Kier molecular flexibility index (Phi) is 7.39. The molecule has 4 rings (SSSR count). The van der Waals surface area contributed by atoms with Gasteiger partial charge in [-0.25, -0.2) is 9.97 Å². The number of anilines is 1. The summed E-state index contributed by atoms with van der Waals surface area (Å²) in [5.74, 6) is 1.82. The van der Waals surface area contributed by atoms with Crippen LogP contribution < -0.4 is 10.2 Å². The van der Waals surface area contributed by atoms with E-state index in [9.17, 15) is 0 Å². The zero-order valence-electron chi connectivity index (χ0n) is 16.1. The summed E-state index contributed by atoms with van der Waals surface area (Å²) in [4.78, 5) is 19.2. The number of halogens is 1. The summed E-state index contributed by atoms with van der Waals surface area (Å²) in [5.41, 5.74) is 0. The molecular formula is C20H27IN6S. The number of benzene rings is 1. The molecule has 150 valence electrons. The minimum Gasteiger partial charge on any atom is -0.355 e. The molecule has 2 aliphatic rings. The van der Waals surface area contributed by atoms with Crippen LogP contribution in [0, 0.1) is 0 Å². The molecule has 2 heterocycles. The predicted octanol–water partition coefficient (Wildman–Crippen LogP) is 3.12. The van der Waals surface area contributed by atoms with Crippen molar-refractivity contribution in [2.45, 2.75) is 22.5 Å². The van der Waals surface area contributed by atoms with Gasteiger partial charge in [-0.15, -0.1) is 35.7 Å². The lowest BCUT2D eigenvalue weighted by atomic mass is 10.3. The fourth-order valence-corrected chi connectivity index (χ4v) is 4.58. The van der Waals surface area contributed by atoms with Crippen molar-refractivity contribution in [3.05, 3.63) is 48.8 Å². The summed E-state index contributed by atoms with van der Waals surface area (Å²) in [6.07, 6.45) is 6.12. The van der Waals surface area contributed by atoms with Gasteiger partial charge >= 0.3 is 0 Å². The van der Waals surface area contributed by atoms with E-state index in [0.29, 0.717) is 4.75 Å². The van der Waals surface area contributed by atoms with Crippen molar-refractivity contribution in [2.24, 2.45) is 4.99 Å². The fourth-order valence-electron chi connectivity index (χ4n) is 3.34. The number of piperazine rings is 1. The maximum atomic E-state index is 4.52. The second-order valence-corrected chi connectivity index (χ2v) is 8.56. The summed E-state index contributed by atoms with van der Waals surface area (Å²) in [6, 6.07) is 12.5. The molecule has 1 aliphatic heterocycles. The van der Waals surface area contributed by atoms with Crippen molar-refractivity contribution >= 4 is 47.6 Å². The summed E-state index contributed by atoms with van der Waals surface area (Å²) in [5, 5.41) is 3.62. The quantitative estimate of drug-likeness (QED) is 0.379. The topological polar surface area (TPSA) is 56.7 Å². The van der Waals surface area contributed by atoms with Crippen LogP contribution in [0.3, 0.4) is 0 Å². The maximum absolute atomic E-state index is 4.52. The minimum atomic E-state index is 0. The van der Waals surface area contributed by atoms with Gasteiger partial charge in [0.2, 0.25) is 5.95 Å². The van der Waals surface area contributed by atoms with Gasteiger partial charge in [0.25, 0.3) is 0 Å². The van der Waals surface area contributed by atoms with Crippen molar-refractivity contribution in [1.29, 1.82) is 0 Å². The van der Waals surface area contributed by atoms with Crippen LogP contribution in [0.2, 0.25) is 0 Å². The summed E-state index contributed by atoms with van der Waals surface area (Å²) in [7, 11) is 1.87. The van der Waals surface area contributed by atoms with Gasteiger partial charge in [-0.1, -0.05) is 18.2 Å². The highest BCUT2D eigenvalue weighted by Crippen LogP contribution is 2.51. The van der Waals surface area contributed by atoms with E-state index in [-0.39, 0.29) is 24.0 Å². The van der Waals surface area contributed by atoms with E-state index < -0.39 is 0 Å². The number of thioether (sulfide) groups is 1. The Labute approximate surface area is 188 Å². The van der Waals surface area contributed by atoms with E-state index in [2.05, 4.69) is 60.4 Å². The third-order valence-corrected chi connectivity index (χ3v) is 6.57. The first-order valence-electron chi connectivity index (χ1n) is 9.50. The summed E-state index contributed by atoms with van der Waals surface area (Å²) in [6.45, 7) is 4.64. The van der Waals surface area contributed by atoms with Gasteiger partial charge in [-0.2, -0.15) is 0 Å². The van der Waals surface area contributed by atoms with Gasteiger partial charge < -0.3 is 15.1 Å². The van der Waals surface area contributed by atoms with Gasteiger partial charge in [0.1, 0.15) is 0 Å². The highest BCUT2D eigenvalue weighted by molar-refractivity contribution is 14.0. The van der Waals surface area contributed by atoms with Gasteiger partial charge in [0, 0.05) is 61.8 Å². The standard InChI is InChI=1S/C20H26N6S.HI/c1-21-18(24-16-20(8-9-20)27-17-6-3-2-4-7-17)25-12-14-26(15-13-25)19-22-10-5-11-23-19;/h2-7,10-11H,8-9,12-16H2,1H3,(H,21,24);1H. The molecule has 2 aromatic rings. The molecule has 1 saturated carbocycles. The molecule has 0 amide bonds. The second kappa shape index (κ2) is 9.78. The minimum absolute atomic E-state index is 0. The Hall–Kier alpha value is -1.55. The van der Waals surface area contributed by atoms with E-state index in [1.807, 2.05) is 24.9 Å². The molecule has 2 fully saturated rings. The molecule has 1 aromatic carbocycles. The zero-order chi connectivity index (χ0) is 18.5. The van der Waals surface area contributed by atoms with E-state index in [1.54, 1.807) is 12.4 Å². The van der Waals surface area contributed by atoms with Gasteiger partial charge in [0.15, 0.2) is 5.96 Å². The lowest BCUT2D eigenvalue weighted by Gasteiger charge is -2.36. The number of aromatic nitrogens is 2. The van der Waals surface area contributed by atoms with Crippen molar-refractivity contribution in [3.8, 4) is 0 Å². The smallest absolute Gasteiger partial charge is 0.225 e. The Morgan fingerprint density at radius 2 is 1.75 bits per heavy atom. The van der Waals surface area contributed by atoms with E-state index >= 15 is 0 Å². The van der Waals surface area contributed by atoms with Gasteiger partial charge in [-0.05, 0) is 31.0 Å². The highest BCUT2D eigenvalue weighted by atomic mass is 127. The molecule has 1 N–H and O–H groups in total. The van der Waals surface area contributed by atoms with Crippen molar-refractivity contribution in [1.82, 2.24) is 20.2 Å². The second-order valence-electron chi connectivity index (χ2n) is 7.02. The van der Waals surface area contributed by atoms with Crippen LogP contribution in [0.25, 0.3) is 0 Å². The Bertz CT molecular complexity index is 761. The molecule has 6 nitrogen and oxygen atoms in total. The SMILES string of the molecule is CN=C(NCC1(Sc2ccccc2)CC1)N1CCN(c2ncccn2)CC1.I. The number of rotatable bonds is 5. The average Bonchev–Trinajstić information content (AvgIpc) is 3.50. The number of guanidine groups is 1. The molecule has 1 aliphatic carbocycles. The van der Waals surface area contributed by atoms with Crippen LogP contribution in [0.1, 0.15) is 12.8 Å². The number of hydrogen-bond acceptors (Lipinski definition) is 5. The Morgan fingerprint density at radius 3 is 2.36 bits per heavy atom. The first kappa shape index (κ1) is 21.2. The highest BCUT2D eigenvalue weighted by Gasteiger charge is 2.44. The zero-order valence-corrected chi connectivity index (χ0v) is 19.3. The number of nitrogens with one attached hydrogen (secondary N) is 1. The summed E-state index contributed by atoms with van der Waals surface area (Å²) < 4.78 is 0.316. The molecule has 8 heteroatoms. The van der Waals surface area contributed by atoms with E-state index in [0.717, 1.165) is 44.6 Å². The molecule has 28 heavy (non-hydrogen) atoms. The first-order valence-corrected chi connectivity index (χ1v) is 10.3. The average molecular weight is 510 g/mol. The largest absolute Gasteiger partial charge is 0.355 e. The van der Waals surface area contributed by atoms with E-state index in [4.69, 9.17) is 0 Å². The van der Waals surface area contributed by atoms with Crippen LogP contribution >= 0.6 is 35.7 Å². The molecule has 0 spiro atoms. The van der Waals surface area contributed by atoms with Crippen LogP contribution in [0.5, 0.6) is 0 Å². The number of hydrogen-bond donors (Lipinski definition) is 1. The molecular weight excluding hydrogens is 483 g/mol. The Balaban J connectivity index is 0.00000225. The van der Waals surface area contributed by atoms with E-state index in [1.165, 1.54) is 17.7 Å². The molecule has 1 saturated heterocycles. The summed E-state index contributed by atoms with van der Waals surface area (Å²) >= 11 is 1.99. The number of aliphatic imine (C=N–C) groups is 1. The van der Waals surface area contributed by atoms with Crippen LogP contribution in [0.4, 0.5) is 5.95 Å². The van der Waals surface area contributed by atoms with Crippen LogP contribution in [0.15, 0.2) is 58.7 Å². The third kappa shape index (κ3) is 5.28. The van der Waals surface area contributed by atoms with Crippen molar-refractivity contribution < 1.29 is 0 Å². The molecule has 0 radical (unpaired) electrons. The monoisotopic (exact) mass is 510 g/mol.